The molecular formula is C12H15N3O4. The van der Waals surface area contributed by atoms with E-state index in [1.165, 1.54) is 6.33 Å². The van der Waals surface area contributed by atoms with E-state index in [2.05, 4.69) is 10.1 Å². The zero-order valence-electron chi connectivity index (χ0n) is 10.3. The summed E-state index contributed by atoms with van der Waals surface area (Å²) in [7, 11) is 0. The van der Waals surface area contributed by atoms with Gasteiger partial charge in [-0.15, -0.1) is 0 Å². The van der Waals surface area contributed by atoms with Crippen molar-refractivity contribution in [1.82, 2.24) is 14.6 Å². The van der Waals surface area contributed by atoms with Crippen molar-refractivity contribution in [2.45, 2.75) is 31.3 Å². The fourth-order valence-electron chi connectivity index (χ4n) is 2.44. The number of fused-ring (bicyclic) bond motifs is 1. The average molecular weight is 265 g/mol. The van der Waals surface area contributed by atoms with E-state index >= 15 is 0 Å². The van der Waals surface area contributed by atoms with Gasteiger partial charge in [0.1, 0.15) is 30.7 Å². The van der Waals surface area contributed by atoms with Crippen LogP contribution in [0.2, 0.25) is 0 Å². The van der Waals surface area contributed by atoms with Crippen molar-refractivity contribution >= 4 is 5.52 Å². The molecule has 0 radical (unpaired) electrons. The first-order chi connectivity index (χ1) is 9.13. The quantitative estimate of drug-likeness (QED) is 0.657. The van der Waals surface area contributed by atoms with E-state index in [1.54, 1.807) is 10.6 Å². The number of aryl methyl sites for hydroxylation is 1. The Hall–Kier alpha value is -1.54. The van der Waals surface area contributed by atoms with Gasteiger partial charge in [0.2, 0.25) is 0 Å². The van der Waals surface area contributed by atoms with Crippen LogP contribution in [0.1, 0.15) is 17.5 Å². The smallest absolute Gasteiger partial charge is 0.136 e. The Bertz CT molecular complexity index is 600. The molecule has 4 atom stereocenters. The second-order valence-corrected chi connectivity index (χ2v) is 4.66. The van der Waals surface area contributed by atoms with Crippen molar-refractivity contribution < 1.29 is 20.1 Å². The number of aromatic nitrogens is 3. The lowest BCUT2D eigenvalue weighted by Gasteiger charge is -2.14. The molecule has 2 aromatic rings. The van der Waals surface area contributed by atoms with Crippen LogP contribution in [-0.4, -0.2) is 54.8 Å². The zero-order valence-corrected chi connectivity index (χ0v) is 10.3. The molecule has 0 spiro atoms. The molecule has 1 aliphatic heterocycles. The Labute approximate surface area is 109 Å². The fraction of sp³-hybridized carbons (Fsp3) is 0.500. The van der Waals surface area contributed by atoms with Gasteiger partial charge in [0, 0.05) is 0 Å². The van der Waals surface area contributed by atoms with E-state index < -0.39 is 24.4 Å². The standard InChI is InChI=1S/C12H15N3O4/c1-6-7-2-3-8(15(7)14-5-13-6)12-11(18)10(17)9(4-16)19-12/h2-3,5,9-12,16-18H,4H2,1H3/t9-,10-,11-,12?/m1/s1. The van der Waals surface area contributed by atoms with Crippen molar-refractivity contribution in [3.05, 3.63) is 29.8 Å². The normalized spacial score (nSPS) is 31.2. The Kier molecular flexibility index (Phi) is 2.98. The Balaban J connectivity index is 2.04. The number of hydrogen-bond donors (Lipinski definition) is 3. The topological polar surface area (TPSA) is 100 Å². The molecule has 19 heavy (non-hydrogen) atoms. The molecule has 1 unspecified atom stereocenters. The fourth-order valence-corrected chi connectivity index (χ4v) is 2.44. The van der Waals surface area contributed by atoms with Crippen LogP contribution >= 0.6 is 0 Å². The highest BCUT2D eigenvalue weighted by Crippen LogP contribution is 2.34. The van der Waals surface area contributed by atoms with E-state index in [4.69, 9.17) is 9.84 Å². The van der Waals surface area contributed by atoms with E-state index in [1.807, 2.05) is 13.0 Å². The Morgan fingerprint density at radius 3 is 2.79 bits per heavy atom. The molecule has 3 N–H and O–H groups in total. The monoisotopic (exact) mass is 265 g/mol. The number of aliphatic hydroxyl groups excluding tert-OH is 3. The molecule has 2 aromatic heterocycles. The highest BCUT2D eigenvalue weighted by molar-refractivity contribution is 5.52. The highest BCUT2D eigenvalue weighted by Gasteiger charge is 2.44. The number of rotatable bonds is 2. The lowest BCUT2D eigenvalue weighted by Crippen LogP contribution is -2.32. The van der Waals surface area contributed by atoms with Gasteiger partial charge in [0.25, 0.3) is 0 Å². The minimum Gasteiger partial charge on any atom is -0.394 e. The Morgan fingerprint density at radius 2 is 2.11 bits per heavy atom. The SMILES string of the molecule is Cc1ncnn2c(C3O[C@H](CO)[C@@H](O)[C@H]3O)ccc12. The maximum absolute atomic E-state index is 10.0. The molecule has 0 bridgehead atoms. The lowest BCUT2D eigenvalue weighted by molar-refractivity contribution is -0.0244. The van der Waals surface area contributed by atoms with Crippen LogP contribution in [0.3, 0.4) is 0 Å². The highest BCUT2D eigenvalue weighted by atomic mass is 16.6. The predicted molar refractivity (Wildman–Crippen MR) is 64.4 cm³/mol. The number of hydrogen-bond acceptors (Lipinski definition) is 6. The minimum absolute atomic E-state index is 0.341. The second kappa shape index (κ2) is 4.53. The Morgan fingerprint density at radius 1 is 1.32 bits per heavy atom. The predicted octanol–water partition coefficient (Wildman–Crippen LogP) is -0.808. The van der Waals surface area contributed by atoms with Crippen LogP contribution in [0.25, 0.3) is 5.52 Å². The van der Waals surface area contributed by atoms with Crippen LogP contribution in [0, 0.1) is 6.92 Å². The molecule has 102 valence electrons. The third-order valence-electron chi connectivity index (χ3n) is 3.51. The molecule has 0 aromatic carbocycles. The molecular weight excluding hydrogens is 250 g/mol. The zero-order chi connectivity index (χ0) is 13.6. The van der Waals surface area contributed by atoms with Gasteiger partial charge < -0.3 is 20.1 Å². The van der Waals surface area contributed by atoms with Gasteiger partial charge in [-0.1, -0.05) is 0 Å². The van der Waals surface area contributed by atoms with Gasteiger partial charge in [0.05, 0.1) is 23.5 Å². The van der Waals surface area contributed by atoms with E-state index in [-0.39, 0.29) is 6.61 Å². The second-order valence-electron chi connectivity index (χ2n) is 4.66. The van der Waals surface area contributed by atoms with Crippen molar-refractivity contribution in [2.75, 3.05) is 6.61 Å². The molecule has 0 saturated carbocycles. The molecule has 3 heterocycles. The summed E-state index contributed by atoms with van der Waals surface area (Å²) in [5.74, 6) is 0. The van der Waals surface area contributed by atoms with Gasteiger partial charge in [-0.25, -0.2) is 9.50 Å². The molecule has 1 aliphatic rings. The van der Waals surface area contributed by atoms with Crippen molar-refractivity contribution in [2.24, 2.45) is 0 Å². The first-order valence-corrected chi connectivity index (χ1v) is 6.05. The summed E-state index contributed by atoms with van der Waals surface area (Å²) in [6, 6.07) is 3.61. The summed E-state index contributed by atoms with van der Waals surface area (Å²) in [6.07, 6.45) is -2.28. The number of ether oxygens (including phenoxy) is 1. The van der Waals surface area contributed by atoms with E-state index in [9.17, 15) is 10.2 Å². The van der Waals surface area contributed by atoms with Crippen molar-refractivity contribution in [3.8, 4) is 0 Å². The van der Waals surface area contributed by atoms with E-state index in [0.29, 0.717) is 5.69 Å². The summed E-state index contributed by atoms with van der Waals surface area (Å²) in [6.45, 7) is 1.52. The first-order valence-electron chi connectivity index (χ1n) is 6.05. The molecule has 3 rings (SSSR count). The van der Waals surface area contributed by atoms with E-state index in [0.717, 1.165) is 11.2 Å². The maximum Gasteiger partial charge on any atom is 0.136 e. The summed E-state index contributed by atoms with van der Waals surface area (Å²) in [4.78, 5) is 4.09. The van der Waals surface area contributed by atoms with Crippen molar-refractivity contribution in [3.63, 3.8) is 0 Å². The van der Waals surface area contributed by atoms with Gasteiger partial charge in [-0.3, -0.25) is 0 Å². The van der Waals surface area contributed by atoms with Gasteiger partial charge >= 0.3 is 0 Å². The molecule has 0 amide bonds. The summed E-state index contributed by atoms with van der Waals surface area (Å²) in [5.41, 5.74) is 2.26. The molecule has 7 heteroatoms. The summed E-state index contributed by atoms with van der Waals surface area (Å²) >= 11 is 0. The first kappa shape index (κ1) is 12.5. The minimum atomic E-state index is -1.11. The van der Waals surface area contributed by atoms with Crippen LogP contribution < -0.4 is 0 Å². The molecule has 1 saturated heterocycles. The third-order valence-corrected chi connectivity index (χ3v) is 3.51. The van der Waals surface area contributed by atoms with Crippen LogP contribution in [-0.2, 0) is 4.74 Å². The van der Waals surface area contributed by atoms with Crippen LogP contribution in [0.5, 0.6) is 0 Å². The summed E-state index contributed by atoms with van der Waals surface area (Å²) < 4.78 is 7.12. The van der Waals surface area contributed by atoms with Crippen LogP contribution in [0.15, 0.2) is 18.5 Å². The molecule has 0 aliphatic carbocycles. The molecule has 1 fully saturated rings. The number of aliphatic hydroxyl groups is 3. The maximum atomic E-state index is 10.0. The molecule has 7 nitrogen and oxygen atoms in total. The summed E-state index contributed by atoms with van der Waals surface area (Å²) in [5, 5.41) is 33.0. The number of nitrogens with zero attached hydrogens (tertiary/aromatic N) is 3. The largest absolute Gasteiger partial charge is 0.394 e. The van der Waals surface area contributed by atoms with Crippen molar-refractivity contribution in [1.29, 1.82) is 0 Å². The van der Waals surface area contributed by atoms with Gasteiger partial charge in [-0.2, -0.15) is 5.10 Å². The van der Waals surface area contributed by atoms with Gasteiger partial charge in [0.15, 0.2) is 0 Å². The van der Waals surface area contributed by atoms with Crippen LogP contribution in [0.4, 0.5) is 0 Å². The average Bonchev–Trinajstić information content (AvgIpc) is 2.94. The third kappa shape index (κ3) is 1.82. The lowest BCUT2D eigenvalue weighted by atomic mass is 10.1. The van der Waals surface area contributed by atoms with Gasteiger partial charge in [-0.05, 0) is 19.1 Å².